The van der Waals surface area contributed by atoms with Gasteiger partial charge in [0.1, 0.15) is 5.75 Å². The van der Waals surface area contributed by atoms with Crippen LogP contribution in [0.25, 0.3) is 11.0 Å². The summed E-state index contributed by atoms with van der Waals surface area (Å²) in [7, 11) is 0. The molecule has 1 aromatic heterocycles. The predicted octanol–water partition coefficient (Wildman–Crippen LogP) is 4.08. The number of nitrogens with one attached hydrogen (secondary N) is 2. The van der Waals surface area contributed by atoms with Crippen molar-refractivity contribution in [3.8, 4) is 5.75 Å². The van der Waals surface area contributed by atoms with Crippen LogP contribution in [0.5, 0.6) is 5.75 Å². The van der Waals surface area contributed by atoms with E-state index in [1.807, 2.05) is 36.4 Å². The Balaban J connectivity index is 1.31. The Labute approximate surface area is 193 Å². The number of fused-ring (bicyclic) bond motifs is 1. The Morgan fingerprint density at radius 1 is 1.06 bits per heavy atom. The molecule has 3 N–H and O–H groups in total. The van der Waals surface area contributed by atoms with Crippen molar-refractivity contribution in [1.82, 2.24) is 15.4 Å². The van der Waals surface area contributed by atoms with E-state index in [1.54, 1.807) is 48.2 Å². The molecule has 0 atom stereocenters. The number of aromatic amines is 1. The van der Waals surface area contributed by atoms with Crippen molar-refractivity contribution in [3.05, 3.63) is 89.5 Å². The minimum atomic E-state index is -1.07. The summed E-state index contributed by atoms with van der Waals surface area (Å²) in [6.45, 7) is -0.460. The first-order valence-electron chi connectivity index (χ1n) is 10.0. The van der Waals surface area contributed by atoms with E-state index >= 15 is 0 Å². The Morgan fingerprint density at radius 2 is 1.82 bits per heavy atom. The number of amides is 1. The number of carbonyl (C=O) groups is 2. The van der Waals surface area contributed by atoms with E-state index in [-0.39, 0.29) is 5.91 Å². The van der Waals surface area contributed by atoms with Gasteiger partial charge < -0.3 is 14.8 Å². The molecule has 0 saturated carbocycles. The zero-order chi connectivity index (χ0) is 23.0. The largest absolute Gasteiger partial charge is 0.481 e. The number of imidazole rings is 1. The second-order valence-electron chi connectivity index (χ2n) is 6.96. The van der Waals surface area contributed by atoms with Gasteiger partial charge in [-0.3, -0.25) is 4.79 Å². The first-order chi connectivity index (χ1) is 16.1. The fourth-order valence-corrected chi connectivity index (χ4v) is 3.83. The van der Waals surface area contributed by atoms with Crippen LogP contribution in [-0.4, -0.2) is 39.8 Å². The fraction of sp³-hybridized carbons (Fsp3) is 0.0833. The molecule has 0 radical (unpaired) electrons. The molecule has 166 valence electrons. The van der Waals surface area contributed by atoms with E-state index in [2.05, 4.69) is 20.5 Å². The topological polar surface area (TPSA) is 117 Å². The van der Waals surface area contributed by atoms with Gasteiger partial charge in [-0.05, 0) is 42.0 Å². The number of ether oxygens (including phenoxy) is 1. The summed E-state index contributed by atoms with van der Waals surface area (Å²) < 4.78 is 5.21. The molecule has 0 fully saturated rings. The average Bonchev–Trinajstić information content (AvgIpc) is 3.25. The van der Waals surface area contributed by atoms with Gasteiger partial charge in [0.15, 0.2) is 11.8 Å². The lowest BCUT2D eigenvalue weighted by molar-refractivity contribution is -0.139. The predicted molar refractivity (Wildman–Crippen MR) is 127 cm³/mol. The third-order valence-electron chi connectivity index (χ3n) is 4.60. The lowest BCUT2D eigenvalue weighted by Gasteiger charge is -2.06. The Kier molecular flexibility index (Phi) is 7.01. The van der Waals surface area contributed by atoms with Crippen LogP contribution in [0.3, 0.4) is 0 Å². The molecule has 4 aromatic rings. The second kappa shape index (κ2) is 10.5. The Morgan fingerprint density at radius 3 is 2.61 bits per heavy atom. The van der Waals surface area contributed by atoms with Crippen molar-refractivity contribution in [3.63, 3.8) is 0 Å². The molecule has 0 aliphatic heterocycles. The maximum Gasteiger partial charge on any atom is 0.341 e. The van der Waals surface area contributed by atoms with Crippen LogP contribution in [0.4, 0.5) is 0 Å². The van der Waals surface area contributed by atoms with Gasteiger partial charge >= 0.3 is 5.97 Å². The SMILES string of the molecule is O=C(O)COc1ccccc1/C=N/NC(=O)c1ccc(CSc2nc3ccccc3[nH]2)cc1. The lowest BCUT2D eigenvalue weighted by atomic mass is 10.1. The highest BCUT2D eigenvalue weighted by Crippen LogP contribution is 2.23. The number of H-pyrrole nitrogens is 1. The van der Waals surface area contributed by atoms with Crippen molar-refractivity contribution >= 4 is 40.9 Å². The van der Waals surface area contributed by atoms with E-state index in [1.165, 1.54) is 6.21 Å². The van der Waals surface area contributed by atoms with E-state index in [9.17, 15) is 9.59 Å². The monoisotopic (exact) mass is 460 g/mol. The summed E-state index contributed by atoms with van der Waals surface area (Å²) in [5.74, 6) is -0.349. The molecule has 0 saturated heterocycles. The maximum absolute atomic E-state index is 12.4. The summed E-state index contributed by atoms with van der Waals surface area (Å²) in [6.07, 6.45) is 1.41. The number of carboxylic acids is 1. The number of hydrogen-bond acceptors (Lipinski definition) is 6. The average molecular weight is 461 g/mol. The van der Waals surface area contributed by atoms with Gasteiger partial charge in [0.05, 0.1) is 17.2 Å². The smallest absolute Gasteiger partial charge is 0.341 e. The van der Waals surface area contributed by atoms with Crippen molar-refractivity contribution in [1.29, 1.82) is 0 Å². The highest BCUT2D eigenvalue weighted by molar-refractivity contribution is 7.98. The number of carbonyl (C=O) groups excluding carboxylic acids is 1. The molecule has 3 aromatic carbocycles. The molecule has 9 heteroatoms. The summed E-state index contributed by atoms with van der Waals surface area (Å²) in [5.41, 5.74) is 6.49. The minimum Gasteiger partial charge on any atom is -0.481 e. The number of aliphatic carboxylic acids is 1. The van der Waals surface area contributed by atoms with Crippen molar-refractivity contribution in [2.24, 2.45) is 5.10 Å². The molecule has 0 bridgehead atoms. The normalized spacial score (nSPS) is 11.0. The number of carboxylic acid groups (broad SMARTS) is 1. The highest BCUT2D eigenvalue weighted by atomic mass is 32.2. The number of nitrogens with zero attached hydrogens (tertiary/aromatic N) is 2. The molecule has 1 amide bonds. The highest BCUT2D eigenvalue weighted by Gasteiger charge is 2.07. The molecule has 4 rings (SSSR count). The fourth-order valence-electron chi connectivity index (χ4n) is 2.98. The van der Waals surface area contributed by atoms with E-state index < -0.39 is 12.6 Å². The molecular formula is C24H20N4O4S. The summed E-state index contributed by atoms with van der Waals surface area (Å²) in [5, 5.41) is 13.6. The van der Waals surface area contributed by atoms with E-state index in [4.69, 9.17) is 9.84 Å². The minimum absolute atomic E-state index is 0.355. The standard InChI is InChI=1S/C24H20N4O4S/c29-22(30)14-32-21-8-4-1-5-18(21)13-25-28-23(31)17-11-9-16(10-12-17)15-33-24-26-19-6-2-3-7-20(19)27-24/h1-13H,14-15H2,(H,26,27)(H,28,31)(H,29,30)/b25-13+. The summed E-state index contributed by atoms with van der Waals surface area (Å²) in [4.78, 5) is 30.9. The molecule has 8 nitrogen and oxygen atoms in total. The summed E-state index contributed by atoms with van der Waals surface area (Å²) >= 11 is 1.59. The van der Waals surface area contributed by atoms with Gasteiger partial charge in [0, 0.05) is 16.9 Å². The van der Waals surface area contributed by atoms with Crippen molar-refractivity contribution < 1.29 is 19.4 Å². The molecule has 0 spiro atoms. The van der Waals surface area contributed by atoms with Crippen molar-refractivity contribution in [2.75, 3.05) is 6.61 Å². The van der Waals surface area contributed by atoms with Gasteiger partial charge in [-0.1, -0.05) is 48.2 Å². The first kappa shape index (κ1) is 22.1. The number of thioether (sulfide) groups is 1. The third-order valence-corrected chi connectivity index (χ3v) is 5.54. The van der Waals surface area contributed by atoms with Gasteiger partial charge in [0.2, 0.25) is 0 Å². The molecule has 0 aliphatic rings. The lowest BCUT2D eigenvalue weighted by Crippen LogP contribution is -2.17. The van der Waals surface area contributed by atoms with Gasteiger partial charge in [-0.15, -0.1) is 0 Å². The van der Waals surface area contributed by atoms with E-state index in [0.717, 1.165) is 21.8 Å². The Hall–Kier alpha value is -4.11. The quantitative estimate of drug-likeness (QED) is 0.197. The van der Waals surface area contributed by atoms with Crippen LogP contribution < -0.4 is 10.2 Å². The third kappa shape index (κ3) is 5.98. The van der Waals surface area contributed by atoms with E-state index in [0.29, 0.717) is 22.6 Å². The molecule has 33 heavy (non-hydrogen) atoms. The van der Waals surface area contributed by atoms with Crippen molar-refractivity contribution in [2.45, 2.75) is 10.9 Å². The number of aromatic nitrogens is 2. The zero-order valence-electron chi connectivity index (χ0n) is 17.4. The van der Waals surface area contributed by atoms with Crippen LogP contribution in [0.1, 0.15) is 21.5 Å². The van der Waals surface area contributed by atoms with Gasteiger partial charge in [0.25, 0.3) is 5.91 Å². The number of rotatable bonds is 9. The van der Waals surface area contributed by atoms with Gasteiger partial charge in [-0.25, -0.2) is 15.2 Å². The van der Waals surface area contributed by atoms with Crippen LogP contribution in [0, 0.1) is 0 Å². The van der Waals surface area contributed by atoms with Crippen LogP contribution in [0.15, 0.2) is 83.1 Å². The van der Waals surface area contributed by atoms with Crippen LogP contribution in [0.2, 0.25) is 0 Å². The Bertz CT molecular complexity index is 1270. The van der Waals surface area contributed by atoms with Crippen LogP contribution in [-0.2, 0) is 10.5 Å². The van der Waals surface area contributed by atoms with Crippen LogP contribution >= 0.6 is 11.8 Å². The maximum atomic E-state index is 12.4. The summed E-state index contributed by atoms with van der Waals surface area (Å²) in [6, 6.07) is 22.0. The molecule has 0 unspecified atom stereocenters. The molecule has 0 aliphatic carbocycles. The number of para-hydroxylation sites is 3. The molecular weight excluding hydrogens is 440 g/mol. The van der Waals surface area contributed by atoms with Gasteiger partial charge in [-0.2, -0.15) is 5.10 Å². The number of hydrazone groups is 1. The zero-order valence-corrected chi connectivity index (χ0v) is 18.2. The molecule has 1 heterocycles. The first-order valence-corrected chi connectivity index (χ1v) is 11.0. The number of benzene rings is 3. The number of hydrogen-bond donors (Lipinski definition) is 3. The second-order valence-corrected chi connectivity index (χ2v) is 7.93.